The topological polar surface area (TPSA) is 9.23 Å². The molecule has 0 bridgehead atoms. The van der Waals surface area contributed by atoms with Crippen molar-refractivity contribution in [1.82, 2.24) is 0 Å². The van der Waals surface area contributed by atoms with Gasteiger partial charge < -0.3 is 4.43 Å². The number of halogens is 2. The molecule has 1 aliphatic heterocycles. The summed E-state index contributed by atoms with van der Waals surface area (Å²) >= 11 is 13.9. The lowest BCUT2D eigenvalue weighted by Crippen LogP contribution is -2.71. The fourth-order valence-electron chi connectivity index (χ4n) is 4.21. The van der Waals surface area contributed by atoms with Gasteiger partial charge in [0.2, 0.25) is 7.83 Å². The summed E-state index contributed by atoms with van der Waals surface area (Å²) in [4.78, 5) is 0. The van der Waals surface area contributed by atoms with Crippen molar-refractivity contribution in [1.29, 1.82) is 0 Å². The van der Waals surface area contributed by atoms with E-state index >= 15 is 0 Å². The van der Waals surface area contributed by atoms with Gasteiger partial charge in [0.05, 0.1) is 5.60 Å². The van der Waals surface area contributed by atoms with Crippen molar-refractivity contribution in [2.45, 2.75) is 84.5 Å². The third-order valence-corrected chi connectivity index (χ3v) is 26.0. The highest BCUT2D eigenvalue weighted by Gasteiger charge is 2.66. The van der Waals surface area contributed by atoms with E-state index in [4.69, 9.17) is 26.6 Å². The van der Waals surface area contributed by atoms with Crippen molar-refractivity contribution in [2.75, 3.05) is 0 Å². The van der Waals surface area contributed by atoms with E-state index < -0.39 is 14.0 Å². The SMILES string of the molecule is CC(C)C1(C(C)C)CC[Si](Cl)(Cl)[Si](C(C)C)(C(C)C)O1. The summed E-state index contributed by atoms with van der Waals surface area (Å²) in [6.07, 6.45) is -1.29. The zero-order chi connectivity index (χ0) is 15.9. The fraction of sp³-hybridized carbons (Fsp3) is 1.00. The molecule has 1 aliphatic rings. The molecule has 0 spiro atoms. The van der Waals surface area contributed by atoms with Crippen LogP contribution in [0.3, 0.4) is 0 Å². The Labute approximate surface area is 137 Å². The Morgan fingerprint density at radius 1 is 0.850 bits per heavy atom. The van der Waals surface area contributed by atoms with Crippen LogP contribution >= 0.6 is 22.2 Å². The first-order valence-corrected chi connectivity index (χ1v) is 15.3. The van der Waals surface area contributed by atoms with Gasteiger partial charge >= 0.3 is 0 Å². The van der Waals surface area contributed by atoms with Crippen LogP contribution in [0.4, 0.5) is 0 Å². The quantitative estimate of drug-likeness (QED) is 0.429. The number of hydrogen-bond donors (Lipinski definition) is 0. The lowest BCUT2D eigenvalue weighted by molar-refractivity contribution is -0.0387. The lowest BCUT2D eigenvalue weighted by atomic mass is 9.78. The van der Waals surface area contributed by atoms with Gasteiger partial charge in [-0.2, -0.15) is 0 Å². The zero-order valence-electron chi connectivity index (χ0n) is 14.4. The molecular weight excluding hydrogens is 323 g/mol. The van der Waals surface area contributed by atoms with E-state index in [1.54, 1.807) is 0 Å². The molecule has 0 radical (unpaired) electrons. The van der Waals surface area contributed by atoms with E-state index in [-0.39, 0.29) is 5.60 Å². The van der Waals surface area contributed by atoms with Crippen LogP contribution in [0.5, 0.6) is 0 Å². The standard InChI is InChI=1S/C15H32Cl2OSi2/c1-11(2)15(12(3)4)9-10-19(16,17)20(18-15,13(5)6)14(7)8/h11-14H,9-10H2,1-8H3. The minimum Gasteiger partial charge on any atom is -0.410 e. The molecule has 0 aromatic heterocycles. The second kappa shape index (κ2) is 6.23. The molecule has 1 rings (SSSR count). The lowest BCUT2D eigenvalue weighted by Gasteiger charge is -2.58. The normalized spacial score (nSPS) is 24.9. The summed E-state index contributed by atoms with van der Waals surface area (Å²) in [5.74, 6) is 1.01. The maximum absolute atomic E-state index is 7.06. The first-order valence-electron chi connectivity index (χ1n) is 8.02. The van der Waals surface area contributed by atoms with E-state index in [0.717, 1.165) is 12.5 Å². The third kappa shape index (κ3) is 2.78. The highest BCUT2D eigenvalue weighted by molar-refractivity contribution is 7.74. The largest absolute Gasteiger partial charge is 0.410 e. The Bertz CT molecular complexity index is 325. The van der Waals surface area contributed by atoms with Crippen LogP contribution in [-0.2, 0) is 4.43 Å². The van der Waals surface area contributed by atoms with Gasteiger partial charge in [0.1, 0.15) is 0 Å². The minimum absolute atomic E-state index is 0.0406. The Kier molecular flexibility index (Phi) is 5.93. The first kappa shape index (κ1) is 19.0. The predicted octanol–water partition coefficient (Wildman–Crippen LogP) is 6.22. The van der Waals surface area contributed by atoms with E-state index in [2.05, 4.69) is 55.4 Å². The van der Waals surface area contributed by atoms with Crippen molar-refractivity contribution in [2.24, 2.45) is 11.8 Å². The second-order valence-electron chi connectivity index (χ2n) is 7.67. The number of rotatable bonds is 4. The van der Waals surface area contributed by atoms with Crippen LogP contribution in [-0.4, -0.2) is 19.6 Å². The molecule has 1 heterocycles. The summed E-state index contributed by atoms with van der Waals surface area (Å²) in [7, 11) is -2.16. The molecular formula is C15H32Cl2OSi2. The molecule has 1 saturated heterocycles. The molecule has 0 unspecified atom stereocenters. The van der Waals surface area contributed by atoms with Crippen molar-refractivity contribution in [3.05, 3.63) is 0 Å². The molecule has 0 amide bonds. The molecule has 0 atom stereocenters. The average molecular weight is 355 g/mol. The highest BCUT2D eigenvalue weighted by Crippen LogP contribution is 2.56. The molecule has 120 valence electrons. The summed E-state index contributed by atoms with van der Waals surface area (Å²) < 4.78 is 7.06. The maximum Gasteiger partial charge on any atom is 0.270 e. The highest BCUT2D eigenvalue weighted by atomic mass is 35.7. The Hall–Kier alpha value is 0.974. The molecule has 1 nitrogen and oxygen atoms in total. The van der Waals surface area contributed by atoms with Gasteiger partial charge in [0.15, 0.2) is 0 Å². The van der Waals surface area contributed by atoms with Crippen molar-refractivity contribution in [3.8, 4) is 0 Å². The van der Waals surface area contributed by atoms with E-state index in [9.17, 15) is 0 Å². The Morgan fingerprint density at radius 2 is 1.25 bits per heavy atom. The monoisotopic (exact) mass is 354 g/mol. The molecule has 1 fully saturated rings. The predicted molar refractivity (Wildman–Crippen MR) is 96.3 cm³/mol. The average Bonchev–Trinajstić information content (AvgIpc) is 2.27. The summed E-state index contributed by atoms with van der Waals surface area (Å²) in [5, 5.41) is 0. The van der Waals surface area contributed by atoms with Crippen LogP contribution in [0.15, 0.2) is 0 Å². The smallest absolute Gasteiger partial charge is 0.270 e. The summed E-state index contributed by atoms with van der Waals surface area (Å²) in [6.45, 7) is 18.2. The third-order valence-electron chi connectivity index (χ3n) is 5.43. The van der Waals surface area contributed by atoms with Crippen LogP contribution in [0, 0.1) is 11.8 Å². The molecule has 5 heteroatoms. The molecule has 0 saturated carbocycles. The van der Waals surface area contributed by atoms with Gasteiger partial charge in [-0.25, -0.2) is 0 Å². The van der Waals surface area contributed by atoms with Crippen molar-refractivity contribution in [3.63, 3.8) is 0 Å². The van der Waals surface area contributed by atoms with Gasteiger partial charge in [-0.15, -0.1) is 22.2 Å². The molecule has 0 N–H and O–H groups in total. The maximum atomic E-state index is 7.06. The van der Waals surface area contributed by atoms with E-state index in [0.29, 0.717) is 22.9 Å². The van der Waals surface area contributed by atoms with Gasteiger partial charge in [-0.3, -0.25) is 0 Å². The van der Waals surface area contributed by atoms with Crippen LogP contribution < -0.4 is 0 Å². The van der Waals surface area contributed by atoms with Crippen LogP contribution in [0.25, 0.3) is 0 Å². The van der Waals surface area contributed by atoms with Gasteiger partial charge in [-0.05, 0) is 35.4 Å². The molecule has 0 aromatic rings. The van der Waals surface area contributed by atoms with Crippen molar-refractivity contribution >= 4 is 36.2 Å². The molecule has 0 aromatic carbocycles. The van der Waals surface area contributed by atoms with E-state index in [1.807, 2.05) is 0 Å². The summed E-state index contributed by atoms with van der Waals surface area (Å²) in [6, 6.07) is 0.995. The molecule has 20 heavy (non-hydrogen) atoms. The van der Waals surface area contributed by atoms with Crippen molar-refractivity contribution < 1.29 is 4.43 Å². The zero-order valence-corrected chi connectivity index (χ0v) is 17.9. The van der Waals surface area contributed by atoms with Crippen LogP contribution in [0.2, 0.25) is 17.1 Å². The van der Waals surface area contributed by atoms with Crippen LogP contribution in [0.1, 0.15) is 61.8 Å². The first-order chi connectivity index (χ1) is 8.94. The molecule has 0 aliphatic carbocycles. The fourth-order valence-corrected chi connectivity index (χ4v) is 26.9. The van der Waals surface area contributed by atoms with Gasteiger partial charge in [0.25, 0.3) is 6.21 Å². The Balaban J connectivity index is 3.38. The minimum atomic E-state index is -2.32. The Morgan fingerprint density at radius 3 is 1.55 bits per heavy atom. The second-order valence-corrected chi connectivity index (χ2v) is 24.9. The van der Waals surface area contributed by atoms with Gasteiger partial charge in [-0.1, -0.05) is 55.4 Å². The van der Waals surface area contributed by atoms with Gasteiger partial charge in [0, 0.05) is 0 Å². The van der Waals surface area contributed by atoms with E-state index in [1.165, 1.54) is 0 Å². The number of hydrogen-bond acceptors (Lipinski definition) is 1. The summed E-state index contributed by atoms with van der Waals surface area (Å²) in [5.41, 5.74) is 0.906.